The molecule has 1 heterocycles. The highest BCUT2D eigenvalue weighted by Crippen LogP contribution is 2.23. The van der Waals surface area contributed by atoms with Gasteiger partial charge in [0.15, 0.2) is 0 Å². The van der Waals surface area contributed by atoms with Gasteiger partial charge in [-0.2, -0.15) is 0 Å². The number of halogens is 4. The van der Waals surface area contributed by atoms with Crippen LogP contribution in [0.3, 0.4) is 0 Å². The van der Waals surface area contributed by atoms with Crippen LogP contribution < -0.4 is 0 Å². The molecule has 1 rings (SSSR count). The van der Waals surface area contributed by atoms with Crippen LogP contribution in [-0.2, 0) is 6.61 Å². The average molecular weight is 212 g/mol. The van der Waals surface area contributed by atoms with Crippen LogP contribution in [0.2, 0.25) is 5.15 Å². The first-order valence-corrected chi connectivity index (χ1v) is 3.68. The number of alkyl halides is 2. The summed E-state index contributed by atoms with van der Waals surface area (Å²) in [4.78, 5) is 3.22. The predicted octanol–water partition coefficient (Wildman–Crippen LogP) is 2.30. The molecule has 0 aliphatic heterocycles. The van der Waals surface area contributed by atoms with Crippen molar-refractivity contribution < 1.29 is 18.3 Å². The second-order valence-corrected chi connectivity index (χ2v) is 2.62. The lowest BCUT2D eigenvalue weighted by Crippen LogP contribution is -1.99. The van der Waals surface area contributed by atoms with E-state index in [1.807, 2.05) is 0 Å². The van der Waals surface area contributed by atoms with Gasteiger partial charge in [-0.3, -0.25) is 0 Å². The first kappa shape index (κ1) is 10.3. The Bertz CT molecular complexity index is 296. The summed E-state index contributed by atoms with van der Waals surface area (Å²) in [5, 5.41) is 8.14. The maximum Gasteiger partial charge on any atom is 0.280 e. The van der Waals surface area contributed by atoms with Gasteiger partial charge in [-0.15, -0.1) is 0 Å². The number of hydrogen-bond acceptors (Lipinski definition) is 2. The zero-order chi connectivity index (χ0) is 10.0. The van der Waals surface area contributed by atoms with Gasteiger partial charge in [-0.1, -0.05) is 11.6 Å². The minimum Gasteiger partial charge on any atom is -0.391 e. The van der Waals surface area contributed by atoms with Crippen molar-refractivity contribution in [1.82, 2.24) is 4.98 Å². The van der Waals surface area contributed by atoms with Crippen molar-refractivity contribution in [1.29, 1.82) is 0 Å². The lowest BCUT2D eigenvalue weighted by atomic mass is 10.2. The Morgan fingerprint density at radius 2 is 2.15 bits per heavy atom. The summed E-state index contributed by atoms with van der Waals surface area (Å²) in [7, 11) is 0. The summed E-state index contributed by atoms with van der Waals surface area (Å²) in [6.07, 6.45) is -2.88. The summed E-state index contributed by atoms with van der Waals surface area (Å²) < 4.78 is 36.9. The maximum absolute atomic E-state index is 12.9. The molecule has 0 spiro atoms. The van der Waals surface area contributed by atoms with E-state index in [0.717, 1.165) is 0 Å². The molecule has 13 heavy (non-hydrogen) atoms. The molecule has 0 saturated heterocycles. The molecular formula is C7H5ClF3NO. The number of aliphatic hydroxyl groups excluding tert-OH is 1. The summed E-state index contributed by atoms with van der Waals surface area (Å²) in [5.41, 5.74) is -1.01. The van der Waals surface area contributed by atoms with Crippen molar-refractivity contribution in [2.45, 2.75) is 13.0 Å². The molecule has 0 radical (unpaired) electrons. The van der Waals surface area contributed by atoms with E-state index < -0.39 is 29.7 Å². The molecular weight excluding hydrogens is 207 g/mol. The van der Waals surface area contributed by atoms with Crippen LogP contribution >= 0.6 is 11.6 Å². The van der Waals surface area contributed by atoms with E-state index in [1.54, 1.807) is 0 Å². The Morgan fingerprint density at radius 1 is 1.54 bits per heavy atom. The number of pyridine rings is 1. The highest BCUT2D eigenvalue weighted by molar-refractivity contribution is 6.30. The molecule has 0 fully saturated rings. The topological polar surface area (TPSA) is 33.1 Å². The molecule has 6 heteroatoms. The minimum absolute atomic E-state index is 0.272. The Kier molecular flexibility index (Phi) is 3.11. The average Bonchev–Trinajstić information content (AvgIpc) is 2.03. The number of hydrogen-bond donors (Lipinski definition) is 1. The van der Waals surface area contributed by atoms with Gasteiger partial charge in [0, 0.05) is 6.07 Å². The van der Waals surface area contributed by atoms with E-state index >= 15 is 0 Å². The molecule has 1 aromatic rings. The largest absolute Gasteiger partial charge is 0.391 e. The third kappa shape index (κ3) is 2.10. The lowest BCUT2D eigenvalue weighted by molar-refractivity contribution is 0.145. The highest BCUT2D eigenvalue weighted by atomic mass is 35.5. The van der Waals surface area contributed by atoms with Gasteiger partial charge in [0.05, 0.1) is 12.2 Å². The quantitative estimate of drug-likeness (QED) is 0.762. The Hall–Kier alpha value is -0.810. The molecule has 0 atom stereocenters. The van der Waals surface area contributed by atoms with E-state index in [0.29, 0.717) is 6.07 Å². The normalized spacial score (nSPS) is 10.9. The van der Waals surface area contributed by atoms with Crippen LogP contribution in [-0.4, -0.2) is 10.1 Å². The summed E-state index contributed by atoms with van der Waals surface area (Å²) in [6.45, 7) is -0.665. The van der Waals surface area contributed by atoms with Crippen LogP contribution in [0.25, 0.3) is 0 Å². The Labute approximate surface area is 77.0 Å². The third-order valence-electron chi connectivity index (χ3n) is 1.42. The fourth-order valence-corrected chi connectivity index (χ4v) is 1.03. The first-order chi connectivity index (χ1) is 6.06. The number of aliphatic hydroxyl groups is 1. The zero-order valence-corrected chi connectivity index (χ0v) is 7.02. The van der Waals surface area contributed by atoms with Crippen molar-refractivity contribution in [3.8, 4) is 0 Å². The first-order valence-electron chi connectivity index (χ1n) is 3.30. The number of nitrogens with zero attached hydrogens (tertiary/aromatic N) is 1. The second-order valence-electron chi connectivity index (χ2n) is 2.26. The molecule has 0 aliphatic carbocycles. The molecule has 0 unspecified atom stereocenters. The fourth-order valence-electron chi connectivity index (χ4n) is 0.781. The van der Waals surface area contributed by atoms with Crippen LogP contribution in [0.4, 0.5) is 13.2 Å². The molecule has 1 N–H and O–H groups in total. The third-order valence-corrected chi connectivity index (χ3v) is 1.73. The van der Waals surface area contributed by atoms with E-state index in [9.17, 15) is 13.2 Å². The summed E-state index contributed by atoms with van der Waals surface area (Å²) in [5.74, 6) is -0.974. The van der Waals surface area contributed by atoms with Crippen molar-refractivity contribution in [2.24, 2.45) is 0 Å². The molecule has 2 nitrogen and oxygen atoms in total. The van der Waals surface area contributed by atoms with Gasteiger partial charge in [0.1, 0.15) is 16.7 Å². The van der Waals surface area contributed by atoms with Crippen molar-refractivity contribution in [2.75, 3.05) is 0 Å². The van der Waals surface area contributed by atoms with Crippen molar-refractivity contribution >= 4 is 11.6 Å². The van der Waals surface area contributed by atoms with Crippen molar-refractivity contribution in [3.05, 3.63) is 28.3 Å². The van der Waals surface area contributed by atoms with E-state index in [-0.39, 0.29) is 5.56 Å². The summed E-state index contributed by atoms with van der Waals surface area (Å²) >= 11 is 5.33. The molecule has 0 aromatic carbocycles. The predicted molar refractivity (Wildman–Crippen MR) is 40.1 cm³/mol. The molecule has 1 aromatic heterocycles. The smallest absolute Gasteiger partial charge is 0.280 e. The van der Waals surface area contributed by atoms with E-state index in [4.69, 9.17) is 16.7 Å². The SMILES string of the molecule is OCc1c(F)cc(C(F)F)nc1Cl. The lowest BCUT2D eigenvalue weighted by Gasteiger charge is -2.04. The van der Waals surface area contributed by atoms with Gasteiger partial charge < -0.3 is 5.11 Å². The van der Waals surface area contributed by atoms with E-state index in [2.05, 4.69) is 4.98 Å². The summed E-state index contributed by atoms with van der Waals surface area (Å²) in [6, 6.07) is 0.558. The Balaban J connectivity index is 3.20. The monoisotopic (exact) mass is 211 g/mol. The van der Waals surface area contributed by atoms with Gasteiger partial charge >= 0.3 is 0 Å². The number of aromatic nitrogens is 1. The van der Waals surface area contributed by atoms with E-state index in [1.165, 1.54) is 0 Å². The Morgan fingerprint density at radius 3 is 2.54 bits per heavy atom. The standard InChI is InChI=1S/C7H5ClF3NO/c8-6-3(2-13)4(9)1-5(12-6)7(10)11/h1,7,13H,2H2. The molecule has 0 amide bonds. The van der Waals surface area contributed by atoms with Gasteiger partial charge in [-0.05, 0) is 0 Å². The maximum atomic E-state index is 12.9. The van der Waals surface area contributed by atoms with Gasteiger partial charge in [0.2, 0.25) is 0 Å². The van der Waals surface area contributed by atoms with Crippen LogP contribution in [0.15, 0.2) is 6.07 Å². The van der Waals surface area contributed by atoms with Crippen molar-refractivity contribution in [3.63, 3.8) is 0 Å². The molecule has 0 bridgehead atoms. The van der Waals surface area contributed by atoms with Crippen LogP contribution in [0, 0.1) is 5.82 Å². The second kappa shape index (κ2) is 3.93. The fraction of sp³-hybridized carbons (Fsp3) is 0.286. The van der Waals surface area contributed by atoms with Gasteiger partial charge in [0.25, 0.3) is 6.43 Å². The molecule has 0 aliphatic rings. The molecule has 72 valence electrons. The van der Waals surface area contributed by atoms with Gasteiger partial charge in [-0.25, -0.2) is 18.2 Å². The molecule has 0 saturated carbocycles. The van der Waals surface area contributed by atoms with Crippen LogP contribution in [0.5, 0.6) is 0 Å². The highest BCUT2D eigenvalue weighted by Gasteiger charge is 2.15. The zero-order valence-electron chi connectivity index (χ0n) is 6.27. The minimum atomic E-state index is -2.88. The van der Waals surface area contributed by atoms with Crippen LogP contribution in [0.1, 0.15) is 17.7 Å². The number of rotatable bonds is 2.